The number of nitrogens with one attached hydrogen (secondary N) is 1. The molecule has 0 amide bonds. The first-order valence-electron chi connectivity index (χ1n) is 5.98. The van der Waals surface area contributed by atoms with Gasteiger partial charge in [0.05, 0.1) is 0 Å². The molecule has 1 aromatic heterocycles. The molecule has 17 heavy (non-hydrogen) atoms. The normalized spacial score (nSPS) is 10.4. The van der Waals surface area contributed by atoms with Crippen molar-refractivity contribution in [2.75, 3.05) is 5.32 Å². The lowest BCUT2D eigenvalue weighted by Crippen LogP contribution is -1.98. The Labute approximate surface area is 101 Å². The second kappa shape index (κ2) is 6.03. The van der Waals surface area contributed by atoms with Crippen molar-refractivity contribution in [2.24, 2.45) is 0 Å². The summed E-state index contributed by atoms with van der Waals surface area (Å²) in [7, 11) is 0. The van der Waals surface area contributed by atoms with Crippen LogP contribution in [-0.2, 0) is 13.0 Å². The summed E-state index contributed by atoms with van der Waals surface area (Å²) in [5, 5.41) is 11.1. The Hall–Kier alpha value is -1.84. The number of benzene rings is 1. The third-order valence-electron chi connectivity index (χ3n) is 2.50. The van der Waals surface area contributed by atoms with Gasteiger partial charge in [-0.05, 0) is 12.0 Å². The zero-order valence-corrected chi connectivity index (χ0v) is 10.0. The highest BCUT2D eigenvalue weighted by atomic mass is 16.4. The molecule has 0 fully saturated rings. The summed E-state index contributed by atoms with van der Waals surface area (Å²) in [5.41, 5.74) is 1.20. The smallest absolute Gasteiger partial charge is 0.315 e. The lowest BCUT2D eigenvalue weighted by Gasteiger charge is -2.00. The summed E-state index contributed by atoms with van der Waals surface area (Å²) in [6, 6.07) is 10.6. The summed E-state index contributed by atoms with van der Waals surface area (Å²) in [5.74, 6) is 0.711. The third-order valence-corrected chi connectivity index (χ3v) is 2.50. The minimum absolute atomic E-state index is 0.500. The van der Waals surface area contributed by atoms with Crippen LogP contribution >= 0.6 is 0 Å². The highest BCUT2D eigenvalue weighted by Crippen LogP contribution is 2.09. The van der Waals surface area contributed by atoms with Crippen LogP contribution in [0.15, 0.2) is 34.7 Å². The van der Waals surface area contributed by atoms with E-state index >= 15 is 0 Å². The first kappa shape index (κ1) is 11.6. The Morgan fingerprint density at radius 1 is 1.18 bits per heavy atom. The predicted octanol–water partition coefficient (Wildman–Crippen LogP) is 3.02. The molecule has 0 spiro atoms. The number of nitrogens with zero attached hydrogens (tertiary/aromatic N) is 2. The molecule has 0 aliphatic heterocycles. The van der Waals surface area contributed by atoms with Gasteiger partial charge in [-0.3, -0.25) is 0 Å². The highest BCUT2D eigenvalue weighted by Gasteiger charge is 2.04. The van der Waals surface area contributed by atoms with Crippen LogP contribution in [0.25, 0.3) is 0 Å². The molecule has 0 atom stereocenters. The third kappa shape index (κ3) is 3.59. The molecule has 4 heteroatoms. The van der Waals surface area contributed by atoms with Gasteiger partial charge in [-0.2, -0.15) is 0 Å². The molecule has 0 aliphatic rings. The van der Waals surface area contributed by atoms with Gasteiger partial charge in [-0.1, -0.05) is 48.8 Å². The van der Waals surface area contributed by atoms with Crippen LogP contribution in [0.1, 0.15) is 31.2 Å². The maximum atomic E-state index is 5.47. The Balaban J connectivity index is 1.85. The van der Waals surface area contributed by atoms with Crippen molar-refractivity contribution in [1.29, 1.82) is 0 Å². The lowest BCUT2D eigenvalue weighted by molar-refractivity contribution is 0.495. The molecule has 2 aromatic rings. The zero-order chi connectivity index (χ0) is 11.9. The van der Waals surface area contributed by atoms with E-state index in [4.69, 9.17) is 4.42 Å². The Bertz CT molecular complexity index is 439. The molecular formula is C13H17N3O. The predicted molar refractivity (Wildman–Crippen MR) is 66.7 cm³/mol. The van der Waals surface area contributed by atoms with Gasteiger partial charge < -0.3 is 9.73 Å². The molecule has 0 bridgehead atoms. The van der Waals surface area contributed by atoms with Crippen LogP contribution in [-0.4, -0.2) is 10.2 Å². The van der Waals surface area contributed by atoms with E-state index in [1.54, 1.807) is 0 Å². The Morgan fingerprint density at radius 3 is 2.76 bits per heavy atom. The summed E-state index contributed by atoms with van der Waals surface area (Å²) >= 11 is 0. The molecule has 1 heterocycles. The number of rotatable bonds is 6. The summed E-state index contributed by atoms with van der Waals surface area (Å²) in [6.45, 7) is 2.85. The van der Waals surface area contributed by atoms with Crippen LogP contribution in [0, 0.1) is 0 Å². The average Bonchev–Trinajstić information content (AvgIpc) is 2.83. The first-order chi connectivity index (χ1) is 8.38. The van der Waals surface area contributed by atoms with E-state index < -0.39 is 0 Å². The van der Waals surface area contributed by atoms with Crippen molar-refractivity contribution in [3.63, 3.8) is 0 Å². The number of hydrogen-bond donors (Lipinski definition) is 1. The van der Waals surface area contributed by atoms with Gasteiger partial charge in [0.15, 0.2) is 0 Å². The summed E-state index contributed by atoms with van der Waals surface area (Å²) < 4.78 is 5.47. The minimum Gasteiger partial charge on any atom is -0.408 e. The van der Waals surface area contributed by atoms with Gasteiger partial charge in [0, 0.05) is 13.0 Å². The van der Waals surface area contributed by atoms with Crippen molar-refractivity contribution in [2.45, 2.75) is 32.7 Å². The van der Waals surface area contributed by atoms with Crippen LogP contribution in [0.3, 0.4) is 0 Å². The van der Waals surface area contributed by atoms with Gasteiger partial charge in [0.25, 0.3) is 0 Å². The van der Waals surface area contributed by atoms with Crippen LogP contribution in [0.4, 0.5) is 6.01 Å². The van der Waals surface area contributed by atoms with E-state index in [9.17, 15) is 0 Å². The molecule has 2 rings (SSSR count). The molecule has 1 aromatic carbocycles. The number of unbranched alkanes of at least 4 members (excludes halogenated alkanes) is 1. The zero-order valence-electron chi connectivity index (χ0n) is 10.0. The van der Waals surface area contributed by atoms with E-state index in [0.29, 0.717) is 18.5 Å². The maximum absolute atomic E-state index is 5.47. The number of aromatic nitrogens is 2. The molecule has 4 nitrogen and oxygen atoms in total. The van der Waals surface area contributed by atoms with Gasteiger partial charge in [0.2, 0.25) is 5.89 Å². The Morgan fingerprint density at radius 2 is 2.00 bits per heavy atom. The fourth-order valence-electron chi connectivity index (χ4n) is 1.53. The maximum Gasteiger partial charge on any atom is 0.315 e. The van der Waals surface area contributed by atoms with Crippen molar-refractivity contribution in [3.05, 3.63) is 41.8 Å². The quantitative estimate of drug-likeness (QED) is 0.830. The SMILES string of the molecule is CCCCc1nnc(NCc2ccccc2)o1. The number of aryl methyl sites for hydroxylation is 1. The fourth-order valence-corrected chi connectivity index (χ4v) is 1.53. The molecule has 0 saturated carbocycles. The average molecular weight is 231 g/mol. The second-order valence-corrected chi connectivity index (χ2v) is 3.94. The van der Waals surface area contributed by atoms with E-state index in [2.05, 4.69) is 34.6 Å². The molecule has 1 N–H and O–H groups in total. The van der Waals surface area contributed by atoms with E-state index in [1.807, 2.05) is 18.2 Å². The highest BCUT2D eigenvalue weighted by molar-refractivity contribution is 5.23. The van der Waals surface area contributed by atoms with E-state index in [0.717, 1.165) is 19.3 Å². The second-order valence-electron chi connectivity index (χ2n) is 3.94. The molecule has 0 unspecified atom stereocenters. The van der Waals surface area contributed by atoms with Crippen molar-refractivity contribution in [3.8, 4) is 0 Å². The van der Waals surface area contributed by atoms with Crippen LogP contribution < -0.4 is 5.32 Å². The van der Waals surface area contributed by atoms with Crippen LogP contribution in [0.2, 0.25) is 0 Å². The molecule has 0 aliphatic carbocycles. The van der Waals surface area contributed by atoms with Crippen molar-refractivity contribution in [1.82, 2.24) is 10.2 Å². The van der Waals surface area contributed by atoms with E-state index in [-0.39, 0.29) is 0 Å². The fraction of sp³-hybridized carbons (Fsp3) is 0.385. The van der Waals surface area contributed by atoms with Crippen LogP contribution in [0.5, 0.6) is 0 Å². The monoisotopic (exact) mass is 231 g/mol. The minimum atomic E-state index is 0.500. The van der Waals surface area contributed by atoms with Gasteiger partial charge in [-0.25, -0.2) is 0 Å². The Kier molecular flexibility index (Phi) is 4.13. The molecule has 0 saturated heterocycles. The largest absolute Gasteiger partial charge is 0.408 e. The topological polar surface area (TPSA) is 51.0 Å². The standard InChI is InChI=1S/C13H17N3O/c1-2-3-9-12-15-16-13(17-12)14-10-11-7-5-4-6-8-11/h4-8H,2-3,9-10H2,1H3,(H,14,16). The van der Waals surface area contributed by atoms with E-state index in [1.165, 1.54) is 5.56 Å². The molecule has 0 radical (unpaired) electrons. The van der Waals surface area contributed by atoms with Gasteiger partial charge in [0.1, 0.15) is 0 Å². The molecule has 90 valence electrons. The van der Waals surface area contributed by atoms with Gasteiger partial charge >= 0.3 is 6.01 Å². The van der Waals surface area contributed by atoms with Crippen molar-refractivity contribution >= 4 is 6.01 Å². The number of hydrogen-bond acceptors (Lipinski definition) is 4. The first-order valence-corrected chi connectivity index (χ1v) is 5.98. The summed E-state index contributed by atoms with van der Waals surface area (Å²) in [6.07, 6.45) is 3.08. The van der Waals surface area contributed by atoms with Crippen molar-refractivity contribution < 1.29 is 4.42 Å². The number of anilines is 1. The van der Waals surface area contributed by atoms with Gasteiger partial charge in [-0.15, -0.1) is 5.10 Å². The molecular weight excluding hydrogens is 214 g/mol. The lowest BCUT2D eigenvalue weighted by atomic mass is 10.2. The summed E-state index contributed by atoms with van der Waals surface area (Å²) in [4.78, 5) is 0.